The Morgan fingerprint density at radius 1 is 0.611 bits per heavy atom. The Balaban J connectivity index is 4.38. The Hall–Kier alpha value is -0.0400. The van der Waals surface area contributed by atoms with Gasteiger partial charge < -0.3 is 4.90 Å². The van der Waals surface area contributed by atoms with Gasteiger partial charge in [-0.1, -0.05) is 66.2 Å². The molecule has 2 atom stereocenters. The average Bonchev–Trinajstić information content (AvgIpc) is 2.38. The highest BCUT2D eigenvalue weighted by atomic mass is 15.2. The third-order valence-corrected chi connectivity index (χ3v) is 4.18. The van der Waals surface area contributed by atoms with E-state index in [1.807, 2.05) is 0 Å². The summed E-state index contributed by atoms with van der Waals surface area (Å²) in [5, 5.41) is 0. The van der Waals surface area contributed by atoms with Crippen molar-refractivity contribution < 1.29 is 0 Å². The van der Waals surface area contributed by atoms with Crippen LogP contribution in [0.1, 0.15) is 91.9 Å². The van der Waals surface area contributed by atoms with Crippen LogP contribution in [0.3, 0.4) is 0 Å². The fourth-order valence-electron chi connectivity index (χ4n) is 2.95. The lowest BCUT2D eigenvalue weighted by Crippen LogP contribution is -2.40. The molecule has 110 valence electrons. The molecule has 0 saturated heterocycles. The summed E-state index contributed by atoms with van der Waals surface area (Å²) in [5.41, 5.74) is 0. The summed E-state index contributed by atoms with van der Waals surface area (Å²) < 4.78 is 0. The summed E-state index contributed by atoms with van der Waals surface area (Å²) in [6, 6.07) is 1.65. The fraction of sp³-hybridized carbons (Fsp3) is 1.00. The van der Waals surface area contributed by atoms with Crippen LogP contribution >= 0.6 is 0 Å². The van der Waals surface area contributed by atoms with Crippen molar-refractivity contribution >= 4 is 0 Å². The first kappa shape index (κ1) is 18.0. The lowest BCUT2D eigenvalue weighted by Gasteiger charge is -2.35. The van der Waals surface area contributed by atoms with Crippen molar-refractivity contribution in [2.45, 2.75) is 104 Å². The molecule has 0 aliphatic heterocycles. The Morgan fingerprint density at radius 2 is 1.00 bits per heavy atom. The molecule has 0 rings (SSSR count). The van der Waals surface area contributed by atoms with E-state index in [-0.39, 0.29) is 0 Å². The molecule has 0 aromatic carbocycles. The van der Waals surface area contributed by atoms with Crippen molar-refractivity contribution in [3.63, 3.8) is 0 Å². The Labute approximate surface area is 116 Å². The second kappa shape index (κ2) is 12.0. The second-order valence-electron chi connectivity index (χ2n) is 5.83. The molecule has 0 bridgehead atoms. The number of nitrogens with zero attached hydrogens (tertiary/aromatic N) is 1. The highest BCUT2D eigenvalue weighted by Crippen LogP contribution is 2.21. The van der Waals surface area contributed by atoms with Crippen molar-refractivity contribution in [3.8, 4) is 0 Å². The molecule has 0 saturated carbocycles. The largest absolute Gasteiger partial charge is 0.300 e. The molecule has 0 radical (unpaired) electrons. The van der Waals surface area contributed by atoms with Crippen LogP contribution in [0.15, 0.2) is 0 Å². The second-order valence-corrected chi connectivity index (χ2v) is 5.83. The summed E-state index contributed by atoms with van der Waals surface area (Å²) in [4.78, 5) is 2.72. The zero-order valence-corrected chi connectivity index (χ0v) is 13.7. The summed E-state index contributed by atoms with van der Waals surface area (Å²) in [5.74, 6) is 0. The van der Waals surface area contributed by atoms with Crippen LogP contribution < -0.4 is 0 Å². The first-order chi connectivity index (χ1) is 8.71. The highest BCUT2D eigenvalue weighted by molar-refractivity contribution is 4.76. The van der Waals surface area contributed by atoms with E-state index in [1.165, 1.54) is 64.2 Å². The van der Waals surface area contributed by atoms with E-state index in [4.69, 9.17) is 0 Å². The highest BCUT2D eigenvalue weighted by Gasteiger charge is 2.20. The monoisotopic (exact) mass is 255 g/mol. The SMILES string of the molecule is CCCCC(CCC)N(C)C(CCC)CCCC. The van der Waals surface area contributed by atoms with E-state index >= 15 is 0 Å². The van der Waals surface area contributed by atoms with Crippen LogP contribution in [0.25, 0.3) is 0 Å². The topological polar surface area (TPSA) is 3.24 Å². The van der Waals surface area contributed by atoms with Gasteiger partial charge in [-0.25, -0.2) is 0 Å². The molecule has 0 aliphatic rings. The van der Waals surface area contributed by atoms with Crippen molar-refractivity contribution in [1.82, 2.24) is 4.90 Å². The minimum absolute atomic E-state index is 0.823. The number of hydrogen-bond donors (Lipinski definition) is 0. The maximum Gasteiger partial charge on any atom is 0.00950 e. The third kappa shape index (κ3) is 7.41. The zero-order chi connectivity index (χ0) is 13.8. The zero-order valence-electron chi connectivity index (χ0n) is 13.7. The van der Waals surface area contributed by atoms with Crippen molar-refractivity contribution in [1.29, 1.82) is 0 Å². The molecule has 18 heavy (non-hydrogen) atoms. The summed E-state index contributed by atoms with van der Waals surface area (Å²) in [6.45, 7) is 9.27. The molecule has 2 unspecified atom stereocenters. The van der Waals surface area contributed by atoms with Crippen LogP contribution in [-0.4, -0.2) is 24.0 Å². The molecular formula is C17H37N. The van der Waals surface area contributed by atoms with Crippen molar-refractivity contribution in [2.75, 3.05) is 7.05 Å². The maximum absolute atomic E-state index is 2.72. The van der Waals surface area contributed by atoms with E-state index in [0.717, 1.165) is 12.1 Å². The number of hydrogen-bond acceptors (Lipinski definition) is 1. The van der Waals surface area contributed by atoms with Gasteiger partial charge >= 0.3 is 0 Å². The van der Waals surface area contributed by atoms with Crippen LogP contribution in [0.4, 0.5) is 0 Å². The van der Waals surface area contributed by atoms with Crippen LogP contribution in [0, 0.1) is 0 Å². The summed E-state index contributed by atoms with van der Waals surface area (Å²) in [6.07, 6.45) is 13.6. The first-order valence-electron chi connectivity index (χ1n) is 8.43. The van der Waals surface area contributed by atoms with Crippen LogP contribution in [0.2, 0.25) is 0 Å². The van der Waals surface area contributed by atoms with Gasteiger partial charge in [0.25, 0.3) is 0 Å². The first-order valence-corrected chi connectivity index (χ1v) is 8.43. The van der Waals surface area contributed by atoms with Gasteiger partial charge in [0, 0.05) is 12.1 Å². The molecule has 0 aromatic rings. The Morgan fingerprint density at radius 3 is 1.28 bits per heavy atom. The van der Waals surface area contributed by atoms with Crippen molar-refractivity contribution in [3.05, 3.63) is 0 Å². The normalized spacial score (nSPS) is 15.0. The number of rotatable bonds is 12. The van der Waals surface area contributed by atoms with E-state index in [1.54, 1.807) is 0 Å². The third-order valence-electron chi connectivity index (χ3n) is 4.18. The predicted octanol–water partition coefficient (Wildman–Crippen LogP) is 5.64. The molecule has 0 amide bonds. The van der Waals surface area contributed by atoms with E-state index < -0.39 is 0 Å². The fourth-order valence-corrected chi connectivity index (χ4v) is 2.95. The molecule has 0 aliphatic carbocycles. The molecule has 0 spiro atoms. The van der Waals surface area contributed by atoms with E-state index in [9.17, 15) is 0 Å². The Kier molecular flexibility index (Phi) is 12.0. The van der Waals surface area contributed by atoms with Gasteiger partial charge in [-0.2, -0.15) is 0 Å². The minimum Gasteiger partial charge on any atom is -0.300 e. The average molecular weight is 255 g/mol. The smallest absolute Gasteiger partial charge is 0.00950 e. The predicted molar refractivity (Wildman–Crippen MR) is 84.2 cm³/mol. The molecular weight excluding hydrogens is 218 g/mol. The Bertz CT molecular complexity index is 149. The molecule has 0 heterocycles. The summed E-state index contributed by atoms with van der Waals surface area (Å²) >= 11 is 0. The standard InChI is InChI=1S/C17H37N/c1-6-10-14-16(12-8-3)18(5)17(13-9-4)15-11-7-2/h16-17H,6-15H2,1-5H3. The van der Waals surface area contributed by atoms with E-state index in [2.05, 4.69) is 39.6 Å². The van der Waals surface area contributed by atoms with Crippen molar-refractivity contribution in [2.24, 2.45) is 0 Å². The van der Waals surface area contributed by atoms with Gasteiger partial charge in [-0.05, 0) is 32.7 Å². The van der Waals surface area contributed by atoms with Gasteiger partial charge in [0.05, 0.1) is 0 Å². The maximum atomic E-state index is 2.72. The van der Waals surface area contributed by atoms with E-state index in [0.29, 0.717) is 0 Å². The quantitative estimate of drug-likeness (QED) is 0.436. The number of unbranched alkanes of at least 4 members (excludes halogenated alkanes) is 2. The molecule has 0 aromatic heterocycles. The minimum atomic E-state index is 0.823. The van der Waals surface area contributed by atoms with Gasteiger partial charge in [-0.15, -0.1) is 0 Å². The summed E-state index contributed by atoms with van der Waals surface area (Å²) in [7, 11) is 2.38. The van der Waals surface area contributed by atoms with Gasteiger partial charge in [0.2, 0.25) is 0 Å². The van der Waals surface area contributed by atoms with Gasteiger partial charge in [0.15, 0.2) is 0 Å². The van der Waals surface area contributed by atoms with Crippen LogP contribution in [0.5, 0.6) is 0 Å². The lowest BCUT2D eigenvalue weighted by atomic mass is 9.97. The molecule has 0 fully saturated rings. The van der Waals surface area contributed by atoms with Crippen LogP contribution in [-0.2, 0) is 0 Å². The molecule has 1 nitrogen and oxygen atoms in total. The van der Waals surface area contributed by atoms with Gasteiger partial charge in [0.1, 0.15) is 0 Å². The molecule has 0 N–H and O–H groups in total. The molecule has 1 heteroatoms. The van der Waals surface area contributed by atoms with Gasteiger partial charge in [-0.3, -0.25) is 0 Å². The lowest BCUT2D eigenvalue weighted by molar-refractivity contribution is 0.135.